The number of benzene rings is 1. The van der Waals surface area contributed by atoms with Gasteiger partial charge in [0, 0.05) is 31.2 Å². The first-order valence-electron chi connectivity index (χ1n) is 12.0. The number of anilines is 2. The van der Waals surface area contributed by atoms with Crippen LogP contribution in [0.4, 0.5) is 15.3 Å². The number of thiazole rings is 1. The molecule has 190 valence electrons. The number of aromatic nitrogens is 1. The Morgan fingerprint density at radius 3 is 2.66 bits per heavy atom. The van der Waals surface area contributed by atoms with E-state index in [0.29, 0.717) is 48.0 Å². The van der Waals surface area contributed by atoms with Crippen LogP contribution < -0.4 is 11.1 Å². The molecule has 0 unspecified atom stereocenters. The Bertz CT molecular complexity index is 1170. The fraction of sp³-hybridized carbons (Fsp3) is 0.500. The van der Waals surface area contributed by atoms with Crippen molar-refractivity contribution in [3.8, 4) is 0 Å². The Morgan fingerprint density at radius 2 is 1.97 bits per heavy atom. The van der Waals surface area contributed by atoms with E-state index in [0.717, 1.165) is 25.9 Å². The van der Waals surface area contributed by atoms with E-state index in [1.54, 1.807) is 16.4 Å². The summed E-state index contributed by atoms with van der Waals surface area (Å²) >= 11 is 1.20. The maximum Gasteiger partial charge on any atom is 0.215 e. The monoisotopic (exact) mass is 520 g/mol. The fourth-order valence-corrected chi connectivity index (χ4v) is 7.10. The van der Waals surface area contributed by atoms with Crippen LogP contribution in [0.15, 0.2) is 24.8 Å². The molecule has 2 fully saturated rings. The van der Waals surface area contributed by atoms with Gasteiger partial charge in [-0.05, 0) is 50.4 Å². The zero-order chi connectivity index (χ0) is 25.0. The summed E-state index contributed by atoms with van der Waals surface area (Å²) in [5, 5.41) is 12.4. The molecule has 0 amide bonds. The highest BCUT2D eigenvalue weighted by Gasteiger charge is 2.29. The molecule has 35 heavy (non-hydrogen) atoms. The van der Waals surface area contributed by atoms with Crippen LogP contribution >= 0.6 is 11.3 Å². The molecule has 0 atom stereocenters. The van der Waals surface area contributed by atoms with Gasteiger partial charge < -0.3 is 16.0 Å². The van der Waals surface area contributed by atoms with Gasteiger partial charge in [-0.1, -0.05) is 42.5 Å². The number of nitrogens with two attached hydrogens (primary N) is 1. The number of hydrogen-bond acceptors (Lipinski definition) is 8. The van der Waals surface area contributed by atoms with Crippen LogP contribution in [-0.2, 0) is 10.0 Å². The van der Waals surface area contributed by atoms with Crippen LogP contribution in [0.5, 0.6) is 0 Å². The van der Waals surface area contributed by atoms with Gasteiger partial charge in [0.1, 0.15) is 11.6 Å². The molecule has 2 aliphatic rings. The van der Waals surface area contributed by atoms with E-state index >= 15 is 0 Å². The van der Waals surface area contributed by atoms with Gasteiger partial charge in [0.05, 0.1) is 16.3 Å². The Balaban J connectivity index is 1.34. The number of sulfonamides is 1. The third-order valence-electron chi connectivity index (χ3n) is 6.69. The number of likely N-dealkylation sites (tertiary alicyclic amines) is 1. The number of nitrogens with one attached hydrogen (secondary N) is 2. The van der Waals surface area contributed by atoms with Crippen molar-refractivity contribution in [3.63, 3.8) is 0 Å². The quantitative estimate of drug-likeness (QED) is 0.435. The number of halogens is 1. The summed E-state index contributed by atoms with van der Waals surface area (Å²) in [6.45, 7) is 7.20. The van der Waals surface area contributed by atoms with Crippen LogP contribution in [0, 0.1) is 11.2 Å². The van der Waals surface area contributed by atoms with Crippen molar-refractivity contribution in [3.05, 3.63) is 46.6 Å². The highest BCUT2D eigenvalue weighted by Crippen LogP contribution is 2.31. The first-order valence-corrected chi connectivity index (χ1v) is 14.4. The summed E-state index contributed by atoms with van der Waals surface area (Å²) in [4.78, 5) is 6.98. The highest BCUT2D eigenvalue weighted by molar-refractivity contribution is 7.89. The van der Waals surface area contributed by atoms with Crippen LogP contribution in [0.1, 0.15) is 48.1 Å². The van der Waals surface area contributed by atoms with Crippen LogP contribution in [-0.4, -0.2) is 72.8 Å². The lowest BCUT2D eigenvalue weighted by Crippen LogP contribution is -2.45. The average molecular weight is 521 g/mol. The van der Waals surface area contributed by atoms with Crippen LogP contribution in [0.2, 0.25) is 0 Å². The van der Waals surface area contributed by atoms with Gasteiger partial charge in [0.2, 0.25) is 10.0 Å². The third kappa shape index (κ3) is 6.08. The molecule has 0 spiro atoms. The number of hydrogen-bond donors (Lipinski definition) is 3. The average Bonchev–Trinajstić information content (AvgIpc) is 3.23. The van der Waals surface area contributed by atoms with Gasteiger partial charge in [-0.3, -0.25) is 5.41 Å². The molecule has 0 bridgehead atoms. The molecule has 0 radical (unpaired) electrons. The van der Waals surface area contributed by atoms with E-state index in [-0.39, 0.29) is 28.9 Å². The molecule has 2 saturated heterocycles. The van der Waals surface area contributed by atoms with E-state index in [9.17, 15) is 12.8 Å². The Hall–Kier alpha value is -2.34. The van der Waals surface area contributed by atoms with E-state index in [4.69, 9.17) is 11.1 Å². The largest absolute Gasteiger partial charge is 0.382 e. The smallest absolute Gasteiger partial charge is 0.215 e. The highest BCUT2D eigenvalue weighted by atomic mass is 32.2. The topological polar surface area (TPSA) is 115 Å². The predicted molar refractivity (Wildman–Crippen MR) is 141 cm³/mol. The van der Waals surface area contributed by atoms with Crippen molar-refractivity contribution < 1.29 is 12.8 Å². The van der Waals surface area contributed by atoms with Crippen LogP contribution in [0.25, 0.3) is 6.08 Å². The first-order chi connectivity index (χ1) is 16.8. The molecular weight excluding hydrogens is 487 g/mol. The maximum atomic E-state index is 14.5. The second-order valence-corrected chi connectivity index (χ2v) is 12.1. The lowest BCUT2D eigenvalue weighted by molar-refractivity contribution is 0.239. The molecule has 1 aromatic heterocycles. The minimum atomic E-state index is -3.28. The summed E-state index contributed by atoms with van der Waals surface area (Å²) in [5.74, 6) is -0.176. The second kappa shape index (κ2) is 11.2. The van der Waals surface area contributed by atoms with Crippen molar-refractivity contribution in [1.82, 2.24) is 14.2 Å². The normalized spacial score (nSPS) is 18.4. The molecule has 2 aromatic rings. The first kappa shape index (κ1) is 25.7. The molecule has 2 aliphatic heterocycles. The standard InChI is InChI=1S/C24H33FN6O2S2/c1-2-17-7-6-8-19(25)20(17)21(26)22-23(27)29-24(34-22)28-18-9-13-31(14-10-18)35(32,33)16-15-30-11-4-3-5-12-30/h2,6-8,18,26H,1,3-5,9-16,27H2,(H,28,29). The van der Waals surface area contributed by atoms with Gasteiger partial charge >= 0.3 is 0 Å². The molecular formula is C24H33FN6O2S2. The Kier molecular flexibility index (Phi) is 8.20. The molecule has 4 N–H and O–H groups in total. The molecule has 0 aliphatic carbocycles. The minimum Gasteiger partial charge on any atom is -0.382 e. The summed E-state index contributed by atoms with van der Waals surface area (Å²) < 4.78 is 41.7. The zero-order valence-corrected chi connectivity index (χ0v) is 21.4. The van der Waals surface area contributed by atoms with Gasteiger partial charge in [-0.2, -0.15) is 0 Å². The van der Waals surface area contributed by atoms with E-state index < -0.39 is 15.8 Å². The molecule has 8 nitrogen and oxygen atoms in total. The number of nitrogens with zero attached hydrogens (tertiary/aromatic N) is 3. The second-order valence-electron chi connectivity index (χ2n) is 9.05. The fourth-order valence-electron chi connectivity index (χ4n) is 4.67. The maximum absolute atomic E-state index is 14.5. The molecule has 4 rings (SSSR count). The van der Waals surface area contributed by atoms with Gasteiger partial charge in [-0.15, -0.1) is 0 Å². The van der Waals surface area contributed by atoms with Crippen molar-refractivity contribution in [2.75, 3.05) is 49.5 Å². The summed E-state index contributed by atoms with van der Waals surface area (Å²) in [7, 11) is -3.28. The van der Waals surface area contributed by atoms with Gasteiger partial charge in [0.15, 0.2) is 5.13 Å². The SMILES string of the molecule is C=Cc1cccc(F)c1C(=N)c1sc(NC2CCN(S(=O)(=O)CCN3CCCCC3)CC2)nc1N. The number of nitrogen functional groups attached to an aromatic ring is 1. The lowest BCUT2D eigenvalue weighted by Gasteiger charge is -2.32. The van der Waals surface area contributed by atoms with Crippen molar-refractivity contribution >= 4 is 44.1 Å². The summed E-state index contributed by atoms with van der Waals surface area (Å²) in [5.41, 5.74) is 6.71. The predicted octanol–water partition coefficient (Wildman–Crippen LogP) is 3.62. The Morgan fingerprint density at radius 1 is 1.26 bits per heavy atom. The number of rotatable bonds is 9. The third-order valence-corrected chi connectivity index (χ3v) is 9.56. The number of piperidine rings is 2. The lowest BCUT2D eigenvalue weighted by atomic mass is 10.0. The zero-order valence-electron chi connectivity index (χ0n) is 19.8. The molecule has 0 saturated carbocycles. The van der Waals surface area contributed by atoms with Crippen LogP contribution in [0.3, 0.4) is 0 Å². The van der Waals surface area contributed by atoms with Crippen molar-refractivity contribution in [2.45, 2.75) is 38.1 Å². The summed E-state index contributed by atoms with van der Waals surface area (Å²) in [6.07, 6.45) is 6.35. The summed E-state index contributed by atoms with van der Waals surface area (Å²) in [6, 6.07) is 4.63. The van der Waals surface area contributed by atoms with E-state index in [1.165, 1.54) is 29.9 Å². The van der Waals surface area contributed by atoms with Gasteiger partial charge in [0.25, 0.3) is 0 Å². The van der Waals surface area contributed by atoms with Crippen molar-refractivity contribution in [2.24, 2.45) is 0 Å². The molecule has 11 heteroatoms. The molecule has 1 aromatic carbocycles. The van der Waals surface area contributed by atoms with Gasteiger partial charge in [-0.25, -0.2) is 22.1 Å². The minimum absolute atomic E-state index is 0.0318. The molecule has 3 heterocycles. The van der Waals surface area contributed by atoms with E-state index in [2.05, 4.69) is 21.8 Å². The Labute approximate surface area is 210 Å². The van der Waals surface area contributed by atoms with E-state index in [1.807, 2.05) is 0 Å². The van der Waals surface area contributed by atoms with Crippen molar-refractivity contribution in [1.29, 1.82) is 5.41 Å².